The minimum absolute atomic E-state index is 0.0661. The van der Waals surface area contributed by atoms with E-state index < -0.39 is 58.4 Å². The van der Waals surface area contributed by atoms with Crippen molar-refractivity contribution in [3.05, 3.63) is 0 Å². The van der Waals surface area contributed by atoms with E-state index in [4.69, 9.17) is 0 Å². The monoisotopic (exact) mass is 665 g/mol. The molecule has 5 amide bonds. The Morgan fingerprint density at radius 2 is 1.59 bits per heavy atom. The van der Waals surface area contributed by atoms with Crippen LogP contribution >= 0.6 is 0 Å². The average molecular weight is 666 g/mol. The topological polar surface area (TPSA) is 174 Å². The summed E-state index contributed by atoms with van der Waals surface area (Å²) in [6.07, 6.45) is 9.90. The van der Waals surface area contributed by atoms with Crippen molar-refractivity contribution in [3.8, 4) is 0 Å². The van der Waals surface area contributed by atoms with Crippen LogP contribution in [0.5, 0.6) is 0 Å². The molecule has 2 unspecified atom stereocenters. The molecule has 3 saturated carbocycles. The van der Waals surface area contributed by atoms with Gasteiger partial charge in [-0.3, -0.25) is 19.2 Å². The van der Waals surface area contributed by atoms with Gasteiger partial charge in [0.1, 0.15) is 12.1 Å². The van der Waals surface area contributed by atoms with Crippen molar-refractivity contribution in [1.82, 2.24) is 26.2 Å². The summed E-state index contributed by atoms with van der Waals surface area (Å²) in [4.78, 5) is 69.2. The number of hydrogen-bond acceptors (Lipinski definition) is 6. The molecule has 4 aliphatic rings. The molecule has 3 aliphatic carbocycles. The Hall–Kier alpha value is -2.54. The van der Waals surface area contributed by atoms with E-state index in [1.54, 1.807) is 4.90 Å². The number of fused-ring (bicyclic) bond motifs is 1. The standard InChI is InChI=1S/C33H55N5O7S/c1-5-13-23(27(39)29(41)34-18-6-2)35-28(40)26-24-22(32(24,3)4)19-38(26)30(42)25(21-14-9-7-10-15-21)36-31(43)37-33(20-46(44)45)16-11-8-12-17-33/h21-26H,5-20H2,1-4H3,(H,34,41)(H,35,40)(H,44,45)(H2,36,37,43)/t22-,23?,24-,25-,26-/m0/s1. The van der Waals surface area contributed by atoms with Gasteiger partial charge in [0.05, 0.1) is 17.3 Å². The highest BCUT2D eigenvalue weighted by Gasteiger charge is 2.69. The fourth-order valence-electron chi connectivity index (χ4n) is 8.33. The molecule has 0 aromatic heterocycles. The molecule has 6 atom stereocenters. The number of carbonyl (C=O) groups excluding carboxylic acids is 5. The molecule has 1 heterocycles. The van der Waals surface area contributed by atoms with Gasteiger partial charge in [-0.1, -0.05) is 72.6 Å². The molecule has 5 N–H and O–H groups in total. The van der Waals surface area contributed by atoms with Crippen LogP contribution in [0.1, 0.15) is 111 Å². The second-order valence-electron chi connectivity index (χ2n) is 14.6. The molecule has 12 nitrogen and oxygen atoms in total. The lowest BCUT2D eigenvalue weighted by Crippen LogP contribution is -2.62. The van der Waals surface area contributed by atoms with Crippen LogP contribution in [-0.2, 0) is 30.3 Å². The van der Waals surface area contributed by atoms with E-state index in [1.165, 1.54) is 0 Å². The van der Waals surface area contributed by atoms with Crippen LogP contribution < -0.4 is 21.3 Å². The Morgan fingerprint density at radius 3 is 2.20 bits per heavy atom. The first-order chi connectivity index (χ1) is 21.8. The van der Waals surface area contributed by atoms with Crippen LogP contribution in [0.4, 0.5) is 4.79 Å². The minimum Gasteiger partial charge on any atom is -0.349 e. The van der Waals surface area contributed by atoms with E-state index in [-0.39, 0.29) is 34.8 Å². The Morgan fingerprint density at radius 1 is 0.935 bits per heavy atom. The number of likely N-dealkylation sites (tertiary alicyclic amines) is 1. The summed E-state index contributed by atoms with van der Waals surface area (Å²) in [6.45, 7) is 8.66. The number of piperidine rings is 1. The van der Waals surface area contributed by atoms with Crippen molar-refractivity contribution >= 4 is 40.6 Å². The lowest BCUT2D eigenvalue weighted by atomic mass is 9.82. The fourth-order valence-corrected chi connectivity index (χ4v) is 9.16. The average Bonchev–Trinajstić information content (AvgIpc) is 3.33. The molecule has 46 heavy (non-hydrogen) atoms. The molecule has 260 valence electrons. The summed E-state index contributed by atoms with van der Waals surface area (Å²) in [5.41, 5.74) is -0.978. The van der Waals surface area contributed by atoms with Crippen molar-refractivity contribution in [2.24, 2.45) is 23.2 Å². The first-order valence-electron chi connectivity index (χ1n) is 17.4. The van der Waals surface area contributed by atoms with Gasteiger partial charge in [-0.05, 0) is 61.7 Å². The van der Waals surface area contributed by atoms with Crippen molar-refractivity contribution in [1.29, 1.82) is 0 Å². The second-order valence-corrected chi connectivity index (χ2v) is 15.6. The fraction of sp³-hybridized carbons (Fsp3) is 0.848. The molecular formula is C33H55N5O7S. The van der Waals surface area contributed by atoms with E-state index in [0.29, 0.717) is 45.2 Å². The first-order valence-corrected chi connectivity index (χ1v) is 18.7. The van der Waals surface area contributed by atoms with Gasteiger partial charge in [0.25, 0.3) is 5.91 Å². The molecule has 0 aromatic carbocycles. The number of nitrogens with zero attached hydrogens (tertiary/aromatic N) is 1. The maximum absolute atomic E-state index is 14.5. The van der Waals surface area contributed by atoms with Crippen molar-refractivity contribution in [2.75, 3.05) is 18.8 Å². The van der Waals surface area contributed by atoms with Crippen LogP contribution in [0.2, 0.25) is 0 Å². The SMILES string of the molecule is CCCNC(=O)C(=O)C(CCC)NC(=O)[C@@H]1[C@@H]2[C@H](CN1C(=O)[C@@H](NC(=O)NC1(CS(=O)O)CCCCC1)C1CCCCC1)C2(C)C. The smallest absolute Gasteiger partial charge is 0.315 e. The summed E-state index contributed by atoms with van der Waals surface area (Å²) in [5, 5.41) is 11.4. The van der Waals surface area contributed by atoms with Crippen LogP contribution in [0.15, 0.2) is 0 Å². The predicted octanol–water partition coefficient (Wildman–Crippen LogP) is 3.02. The number of Topliss-reactive ketones (excluding diaryl/α,β-unsaturated/α-hetero) is 1. The van der Waals surface area contributed by atoms with E-state index in [0.717, 1.165) is 51.4 Å². The minimum atomic E-state index is -2.09. The maximum atomic E-state index is 14.5. The number of nitrogens with one attached hydrogen (secondary N) is 4. The number of carbonyl (C=O) groups is 5. The van der Waals surface area contributed by atoms with Gasteiger partial charge in [0.15, 0.2) is 11.1 Å². The van der Waals surface area contributed by atoms with Crippen LogP contribution in [0.25, 0.3) is 0 Å². The number of ketones is 1. The Kier molecular flexibility index (Phi) is 12.3. The molecule has 1 saturated heterocycles. The number of rotatable bonds is 14. The lowest BCUT2D eigenvalue weighted by molar-refractivity contribution is -0.144. The summed E-state index contributed by atoms with van der Waals surface area (Å²) < 4.78 is 21.5. The van der Waals surface area contributed by atoms with Crippen LogP contribution in [0.3, 0.4) is 0 Å². The van der Waals surface area contributed by atoms with Gasteiger partial charge >= 0.3 is 6.03 Å². The van der Waals surface area contributed by atoms with Gasteiger partial charge in [-0.2, -0.15) is 0 Å². The zero-order chi connectivity index (χ0) is 33.6. The maximum Gasteiger partial charge on any atom is 0.315 e. The highest BCUT2D eigenvalue weighted by molar-refractivity contribution is 7.79. The highest BCUT2D eigenvalue weighted by Crippen LogP contribution is 2.65. The van der Waals surface area contributed by atoms with Gasteiger partial charge in [0.2, 0.25) is 17.6 Å². The zero-order valence-electron chi connectivity index (χ0n) is 28.0. The molecule has 1 aliphatic heterocycles. The molecule has 4 rings (SSSR count). The normalized spacial score (nSPS) is 27.0. The third kappa shape index (κ3) is 8.29. The highest BCUT2D eigenvalue weighted by atomic mass is 32.2. The van der Waals surface area contributed by atoms with Crippen LogP contribution in [0, 0.1) is 23.2 Å². The third-order valence-corrected chi connectivity index (χ3v) is 11.8. The van der Waals surface area contributed by atoms with Gasteiger partial charge < -0.3 is 30.7 Å². The number of hydrogen-bond donors (Lipinski definition) is 5. The van der Waals surface area contributed by atoms with E-state index in [1.807, 2.05) is 13.8 Å². The molecule has 13 heteroatoms. The van der Waals surface area contributed by atoms with Crippen molar-refractivity contribution < 1.29 is 32.7 Å². The van der Waals surface area contributed by atoms with E-state index in [9.17, 15) is 32.7 Å². The first kappa shape index (κ1) is 36.3. The Bertz CT molecular complexity index is 1170. The van der Waals surface area contributed by atoms with Crippen LogP contribution in [-0.4, -0.2) is 85.7 Å². The summed E-state index contributed by atoms with van der Waals surface area (Å²) in [6, 6.07) is -3.21. The lowest BCUT2D eigenvalue weighted by Gasteiger charge is -2.39. The van der Waals surface area contributed by atoms with Gasteiger partial charge in [0, 0.05) is 13.1 Å². The predicted molar refractivity (Wildman–Crippen MR) is 175 cm³/mol. The van der Waals surface area contributed by atoms with Crippen molar-refractivity contribution in [3.63, 3.8) is 0 Å². The molecule has 0 radical (unpaired) electrons. The largest absolute Gasteiger partial charge is 0.349 e. The summed E-state index contributed by atoms with van der Waals surface area (Å²) in [5.74, 6) is -2.34. The molecule has 0 spiro atoms. The van der Waals surface area contributed by atoms with E-state index in [2.05, 4.69) is 35.1 Å². The molecular weight excluding hydrogens is 610 g/mol. The quantitative estimate of drug-likeness (QED) is 0.140. The summed E-state index contributed by atoms with van der Waals surface area (Å²) >= 11 is -2.09. The number of urea groups is 1. The van der Waals surface area contributed by atoms with Crippen molar-refractivity contribution in [2.45, 2.75) is 135 Å². The third-order valence-electron chi connectivity index (χ3n) is 11.0. The molecule has 4 fully saturated rings. The number of amides is 5. The molecule has 0 bridgehead atoms. The van der Waals surface area contributed by atoms with Gasteiger partial charge in [-0.15, -0.1) is 0 Å². The zero-order valence-corrected chi connectivity index (χ0v) is 28.8. The summed E-state index contributed by atoms with van der Waals surface area (Å²) in [7, 11) is 0. The van der Waals surface area contributed by atoms with E-state index >= 15 is 0 Å². The van der Waals surface area contributed by atoms with Gasteiger partial charge in [-0.25, -0.2) is 9.00 Å². The Labute approximate surface area is 276 Å². The second kappa shape index (κ2) is 15.6. The molecule has 0 aromatic rings. The Balaban J connectivity index is 1.55.